The van der Waals surface area contributed by atoms with Crippen molar-refractivity contribution < 1.29 is 4.79 Å². The number of hydrogen-bond donors (Lipinski definition) is 0. The number of allylic oxidation sites excluding steroid dienone is 2. The molecule has 0 aromatic carbocycles. The van der Waals surface area contributed by atoms with Crippen LogP contribution in [0, 0.1) is 17.3 Å². The Balaban J connectivity index is 1.95. The van der Waals surface area contributed by atoms with Crippen molar-refractivity contribution in [3.63, 3.8) is 0 Å². The molecule has 1 saturated carbocycles. The molecule has 0 bridgehead atoms. The van der Waals surface area contributed by atoms with Crippen LogP contribution in [0.15, 0.2) is 11.6 Å². The maximum atomic E-state index is 13.6. The normalized spacial score (nSPS) is 45.7. The van der Waals surface area contributed by atoms with Crippen LogP contribution in [-0.2, 0) is 4.79 Å². The van der Waals surface area contributed by atoms with Crippen LogP contribution in [0.5, 0.6) is 0 Å². The van der Waals surface area contributed by atoms with Gasteiger partial charge in [-0.1, -0.05) is 0 Å². The first kappa shape index (κ1) is 17.9. The molecule has 1 aliphatic carbocycles. The predicted octanol–water partition coefficient (Wildman–Crippen LogP) is 6.53. The van der Waals surface area contributed by atoms with E-state index in [9.17, 15) is 4.79 Å². The van der Waals surface area contributed by atoms with Gasteiger partial charge in [0.05, 0.1) is 0 Å². The second-order valence-corrected chi connectivity index (χ2v) is 14.7. The molecule has 0 radical (unpaired) electrons. The molecule has 0 spiro atoms. The third-order valence-corrected chi connectivity index (χ3v) is 15.8. The molecule has 2 aliphatic heterocycles. The summed E-state index contributed by atoms with van der Waals surface area (Å²) in [5.41, 5.74) is 1.72. The van der Waals surface area contributed by atoms with Gasteiger partial charge in [0.15, 0.2) is 0 Å². The maximum absolute atomic E-state index is 13.6. The summed E-state index contributed by atoms with van der Waals surface area (Å²) < 4.78 is 2.31. The second kappa shape index (κ2) is 7.17. The van der Waals surface area contributed by atoms with E-state index in [1.807, 2.05) is 0 Å². The molecule has 1 nitrogen and oxygen atoms in total. The summed E-state index contributed by atoms with van der Waals surface area (Å²) >= 11 is -1.61. The molecular weight excluding hydrogens is 395 g/mol. The monoisotopic (exact) mass is 430 g/mol. The van der Waals surface area contributed by atoms with Crippen molar-refractivity contribution in [2.75, 3.05) is 0 Å². The van der Waals surface area contributed by atoms with Crippen LogP contribution in [0.1, 0.15) is 85.5 Å². The number of rotatable bonds is 0. The Labute approximate surface area is 150 Å². The Morgan fingerprint density at radius 3 is 2.52 bits per heavy atom. The average Bonchev–Trinajstić information content (AvgIpc) is 2.82. The Morgan fingerprint density at radius 1 is 1.04 bits per heavy atom. The number of fused-ring (bicyclic) bond motifs is 3. The van der Waals surface area contributed by atoms with Crippen LogP contribution < -0.4 is 0 Å². The zero-order valence-corrected chi connectivity index (χ0v) is 17.7. The van der Waals surface area contributed by atoms with E-state index in [4.69, 9.17) is 0 Å². The Bertz CT molecular complexity index is 482. The summed E-state index contributed by atoms with van der Waals surface area (Å²) in [5, 5.41) is 0. The second-order valence-electron chi connectivity index (χ2n) is 8.49. The van der Waals surface area contributed by atoms with Gasteiger partial charge in [-0.3, -0.25) is 0 Å². The van der Waals surface area contributed by atoms with Crippen molar-refractivity contribution in [2.45, 2.75) is 93.3 Å². The molecule has 2 heteroatoms. The first-order valence-electron chi connectivity index (χ1n) is 9.86. The summed E-state index contributed by atoms with van der Waals surface area (Å²) in [6.07, 6.45) is 14.3. The zero-order chi connectivity index (χ0) is 16.6. The molecule has 5 unspecified atom stereocenters. The summed E-state index contributed by atoms with van der Waals surface area (Å²) in [6.45, 7) is 9.41. The van der Waals surface area contributed by atoms with Gasteiger partial charge in [0.2, 0.25) is 0 Å². The van der Waals surface area contributed by atoms with Gasteiger partial charge in [-0.15, -0.1) is 0 Å². The fourth-order valence-electron chi connectivity index (χ4n) is 5.34. The molecule has 0 amide bonds. The Morgan fingerprint density at radius 2 is 1.78 bits per heavy atom. The number of alkyl halides is 2. The third kappa shape index (κ3) is 3.18. The Kier molecular flexibility index (Phi) is 5.60. The van der Waals surface area contributed by atoms with Crippen LogP contribution in [-0.4, -0.2) is 11.6 Å². The molecule has 0 aromatic rings. The fraction of sp³-hybridized carbons (Fsp3) is 0.857. The van der Waals surface area contributed by atoms with Crippen LogP contribution >= 0.6 is 19.8 Å². The van der Waals surface area contributed by atoms with E-state index in [2.05, 4.69) is 33.8 Å². The number of hydrogen-bond acceptors (Lipinski definition) is 1. The van der Waals surface area contributed by atoms with E-state index in [0.717, 1.165) is 13.8 Å². The van der Waals surface area contributed by atoms with Crippen LogP contribution in [0.4, 0.5) is 0 Å². The quantitative estimate of drug-likeness (QED) is 0.185. The number of halogens is 1. The molecule has 23 heavy (non-hydrogen) atoms. The minimum atomic E-state index is -1.61. The summed E-state index contributed by atoms with van der Waals surface area (Å²) in [6, 6.07) is 0. The van der Waals surface area contributed by atoms with Crippen molar-refractivity contribution in [3.8, 4) is 0 Å². The van der Waals surface area contributed by atoms with Gasteiger partial charge in [-0.05, 0) is 0 Å². The molecule has 3 fully saturated rings. The zero-order valence-electron chi connectivity index (χ0n) is 15.5. The molecule has 5 atom stereocenters. The van der Waals surface area contributed by atoms with Gasteiger partial charge in [-0.2, -0.15) is 0 Å². The minimum absolute atomic E-state index is 0.489. The number of carbonyl (C=O) groups excluding carboxylic acids is 1. The molecule has 0 aromatic heterocycles. The van der Waals surface area contributed by atoms with E-state index < -0.39 is 19.8 Å². The van der Waals surface area contributed by atoms with Crippen molar-refractivity contribution in [1.82, 2.24) is 0 Å². The summed E-state index contributed by atoms with van der Waals surface area (Å²) in [7, 11) is 0. The topological polar surface area (TPSA) is 17.1 Å². The molecule has 3 rings (SSSR count). The van der Waals surface area contributed by atoms with Gasteiger partial charge in [0, 0.05) is 0 Å². The van der Waals surface area contributed by atoms with E-state index >= 15 is 0 Å². The van der Waals surface area contributed by atoms with E-state index in [-0.39, 0.29) is 0 Å². The van der Waals surface area contributed by atoms with Gasteiger partial charge in [-0.25, -0.2) is 0 Å². The van der Waals surface area contributed by atoms with Gasteiger partial charge in [0.1, 0.15) is 0 Å². The molecule has 2 saturated heterocycles. The third-order valence-electron chi connectivity index (χ3n) is 7.23. The van der Waals surface area contributed by atoms with Crippen LogP contribution in [0.2, 0.25) is 0 Å². The van der Waals surface area contributed by atoms with E-state index in [1.54, 1.807) is 0 Å². The molecule has 132 valence electrons. The fourth-order valence-corrected chi connectivity index (χ4v) is 15.2. The predicted molar refractivity (Wildman–Crippen MR) is 108 cm³/mol. The number of carbonyl (C=O) groups is 1. The van der Waals surface area contributed by atoms with Crippen molar-refractivity contribution in [3.05, 3.63) is 11.6 Å². The van der Waals surface area contributed by atoms with Crippen LogP contribution in [0.25, 0.3) is 0 Å². The first-order valence-corrected chi connectivity index (χ1v) is 13.4. The van der Waals surface area contributed by atoms with Gasteiger partial charge in [0.25, 0.3) is 0 Å². The summed E-state index contributed by atoms with van der Waals surface area (Å²) in [5.74, 6) is 1.33. The average molecular weight is 430 g/mol. The molecular formula is C21H35IO. The van der Waals surface area contributed by atoms with Crippen molar-refractivity contribution in [1.29, 1.82) is 0 Å². The standard InChI is InChI=1S/C21H35IO/c1-5-18-15(2)9-7-6-8-10-17-13-14-21(4)16(3)11-12-19(21)22(17)20(18)23/h5,15-17,19H,6-14H2,1-4H3/b18-5-. The molecule has 0 N–H and O–H groups in total. The summed E-state index contributed by atoms with van der Waals surface area (Å²) in [4.78, 5) is 13.6. The molecule has 2 heterocycles. The Hall–Kier alpha value is 0.140. The van der Waals surface area contributed by atoms with E-state index in [1.165, 1.54) is 63.4 Å². The van der Waals surface area contributed by atoms with Gasteiger partial charge < -0.3 is 0 Å². The van der Waals surface area contributed by atoms with Crippen molar-refractivity contribution in [2.24, 2.45) is 17.3 Å². The van der Waals surface area contributed by atoms with Crippen LogP contribution in [0.3, 0.4) is 0 Å². The SMILES string of the molecule is C/C=C1\C(=O)I2C(CCCCCC1C)CCC1(C)C(C)CCC21. The first-order chi connectivity index (χ1) is 11.0. The van der Waals surface area contributed by atoms with Crippen molar-refractivity contribution >= 4 is 23.6 Å². The van der Waals surface area contributed by atoms with E-state index in [0.29, 0.717) is 15.1 Å². The van der Waals surface area contributed by atoms with Gasteiger partial charge >= 0.3 is 151 Å². The molecule has 3 aliphatic rings.